The van der Waals surface area contributed by atoms with Gasteiger partial charge in [-0.05, 0) is 34.1 Å². The predicted molar refractivity (Wildman–Crippen MR) is 77.7 cm³/mol. The van der Waals surface area contributed by atoms with Crippen LogP contribution in [0.15, 0.2) is 32.0 Å². The van der Waals surface area contributed by atoms with Crippen molar-refractivity contribution in [3.05, 3.63) is 27.1 Å². The van der Waals surface area contributed by atoms with Crippen LogP contribution in [0.5, 0.6) is 0 Å². The molecule has 0 saturated heterocycles. The summed E-state index contributed by atoms with van der Waals surface area (Å²) in [4.78, 5) is 21.5. The van der Waals surface area contributed by atoms with Crippen molar-refractivity contribution in [2.24, 2.45) is 0 Å². The lowest BCUT2D eigenvalue weighted by molar-refractivity contribution is -0.137. The van der Waals surface area contributed by atoms with Crippen molar-refractivity contribution < 1.29 is 23.1 Å². The van der Waals surface area contributed by atoms with Gasteiger partial charge in [-0.1, -0.05) is 15.9 Å². The van der Waals surface area contributed by atoms with E-state index < -0.39 is 35.0 Å². The fourth-order valence-corrected chi connectivity index (χ4v) is 3.64. The zero-order valence-corrected chi connectivity index (χ0v) is 13.9. The number of amides is 1. The van der Waals surface area contributed by atoms with Crippen molar-refractivity contribution in [3.8, 4) is 0 Å². The van der Waals surface area contributed by atoms with E-state index in [0.717, 1.165) is 0 Å². The first-order valence-corrected chi connectivity index (χ1v) is 8.22. The Balaban J connectivity index is 2.73. The Morgan fingerprint density at radius 3 is 2.45 bits per heavy atom. The van der Waals surface area contributed by atoms with E-state index in [0.29, 0.717) is 8.95 Å². The quantitative estimate of drug-likeness (QED) is 0.615. The van der Waals surface area contributed by atoms with E-state index >= 15 is 0 Å². The Labute approximate surface area is 132 Å². The van der Waals surface area contributed by atoms with Gasteiger partial charge in [0.15, 0.2) is 0 Å². The van der Waals surface area contributed by atoms with Crippen LogP contribution in [0.3, 0.4) is 0 Å². The number of hydrogen-bond donors (Lipinski definition) is 3. The van der Waals surface area contributed by atoms with Crippen molar-refractivity contribution in [1.29, 1.82) is 0 Å². The number of sulfonamides is 1. The smallest absolute Gasteiger partial charge is 0.322 e. The van der Waals surface area contributed by atoms with Crippen LogP contribution in [-0.2, 0) is 19.6 Å². The minimum absolute atomic E-state index is 0.0297. The first-order chi connectivity index (χ1) is 9.22. The van der Waals surface area contributed by atoms with Crippen LogP contribution >= 0.6 is 31.9 Å². The van der Waals surface area contributed by atoms with E-state index in [1.54, 1.807) is 12.1 Å². The number of carbonyl (C=O) groups excluding carboxylic acids is 1. The minimum atomic E-state index is -3.88. The molecule has 1 aromatic rings. The van der Waals surface area contributed by atoms with E-state index in [2.05, 4.69) is 36.6 Å². The molecule has 0 aliphatic carbocycles. The number of carbonyl (C=O) groups is 2. The summed E-state index contributed by atoms with van der Waals surface area (Å²) < 4.78 is 27.0. The topological polar surface area (TPSA) is 113 Å². The monoisotopic (exact) mass is 428 g/mol. The molecular weight excluding hydrogens is 420 g/mol. The van der Waals surface area contributed by atoms with Gasteiger partial charge in [0.05, 0.1) is 11.4 Å². The molecule has 0 radical (unpaired) electrons. The maximum Gasteiger partial charge on any atom is 0.322 e. The second-order valence-corrected chi connectivity index (χ2v) is 7.08. The molecule has 0 fully saturated rings. The molecule has 1 rings (SSSR count). The highest BCUT2D eigenvalue weighted by molar-refractivity contribution is 9.11. The number of nitrogens with one attached hydrogen (secondary N) is 2. The van der Waals surface area contributed by atoms with E-state index in [9.17, 15) is 18.0 Å². The van der Waals surface area contributed by atoms with Gasteiger partial charge in [0.2, 0.25) is 15.9 Å². The average molecular weight is 430 g/mol. The zero-order valence-electron chi connectivity index (χ0n) is 9.89. The summed E-state index contributed by atoms with van der Waals surface area (Å²) >= 11 is 6.26. The van der Waals surface area contributed by atoms with Crippen molar-refractivity contribution in [2.75, 3.05) is 13.1 Å². The largest absolute Gasteiger partial charge is 0.480 e. The summed E-state index contributed by atoms with van der Waals surface area (Å²) in [7, 11) is -3.88. The maximum atomic E-state index is 12.0. The van der Waals surface area contributed by atoms with Crippen molar-refractivity contribution in [3.63, 3.8) is 0 Å². The lowest BCUT2D eigenvalue weighted by Gasteiger charge is -2.08. The Morgan fingerprint density at radius 2 is 1.85 bits per heavy atom. The van der Waals surface area contributed by atoms with Crippen molar-refractivity contribution in [2.45, 2.75) is 4.90 Å². The Kier molecular flexibility index (Phi) is 6.11. The van der Waals surface area contributed by atoms with Gasteiger partial charge in [-0.3, -0.25) is 9.59 Å². The molecule has 20 heavy (non-hydrogen) atoms. The van der Waals surface area contributed by atoms with E-state index in [1.807, 2.05) is 5.32 Å². The normalized spacial score (nSPS) is 11.1. The van der Waals surface area contributed by atoms with Crippen LogP contribution < -0.4 is 10.0 Å². The maximum absolute atomic E-state index is 12.0. The third-order valence-electron chi connectivity index (χ3n) is 2.04. The van der Waals surface area contributed by atoms with Crippen LogP contribution in [0, 0.1) is 0 Å². The molecule has 1 aromatic carbocycles. The third-order valence-corrected chi connectivity index (χ3v) is 4.93. The molecule has 0 heterocycles. The molecule has 0 aliphatic rings. The van der Waals surface area contributed by atoms with Crippen LogP contribution in [0.25, 0.3) is 0 Å². The zero-order chi connectivity index (χ0) is 15.3. The minimum Gasteiger partial charge on any atom is -0.480 e. The standard InChI is InChI=1S/C10H10Br2N2O5S/c11-6-1-2-7(12)8(3-6)20(18,19)14-4-9(15)13-5-10(16)17/h1-3,14H,4-5H2,(H,13,15)(H,16,17). The van der Waals surface area contributed by atoms with Crippen LogP contribution in [-0.4, -0.2) is 38.5 Å². The van der Waals surface area contributed by atoms with Gasteiger partial charge in [0.25, 0.3) is 0 Å². The molecule has 0 unspecified atom stereocenters. The predicted octanol–water partition coefficient (Wildman–Crippen LogP) is 0.691. The fourth-order valence-electron chi connectivity index (χ4n) is 1.16. The van der Waals surface area contributed by atoms with Gasteiger partial charge < -0.3 is 10.4 Å². The lowest BCUT2D eigenvalue weighted by atomic mass is 10.4. The summed E-state index contributed by atoms with van der Waals surface area (Å²) in [6.45, 7) is -1.12. The summed E-state index contributed by atoms with van der Waals surface area (Å²) in [5.74, 6) is -1.95. The molecule has 0 atom stereocenters. The number of aliphatic carboxylic acids is 1. The number of hydrogen-bond acceptors (Lipinski definition) is 4. The van der Waals surface area contributed by atoms with Gasteiger partial charge in [-0.25, -0.2) is 13.1 Å². The lowest BCUT2D eigenvalue weighted by Crippen LogP contribution is -2.39. The van der Waals surface area contributed by atoms with Gasteiger partial charge >= 0.3 is 5.97 Å². The fraction of sp³-hybridized carbons (Fsp3) is 0.200. The number of rotatable bonds is 6. The molecule has 7 nitrogen and oxygen atoms in total. The number of benzene rings is 1. The molecular formula is C10H10Br2N2O5S. The van der Waals surface area contributed by atoms with E-state index in [1.165, 1.54) is 6.07 Å². The Morgan fingerprint density at radius 1 is 1.20 bits per heavy atom. The van der Waals surface area contributed by atoms with E-state index in [4.69, 9.17) is 5.11 Å². The second kappa shape index (κ2) is 7.16. The molecule has 0 saturated carbocycles. The highest BCUT2D eigenvalue weighted by Crippen LogP contribution is 2.25. The summed E-state index contributed by atoms with van der Waals surface area (Å²) in [6, 6.07) is 4.58. The Hall–Kier alpha value is -0.970. The molecule has 3 N–H and O–H groups in total. The highest BCUT2D eigenvalue weighted by atomic mass is 79.9. The number of carboxylic acids is 1. The van der Waals surface area contributed by atoms with Gasteiger partial charge in [0.1, 0.15) is 6.54 Å². The molecule has 0 aliphatic heterocycles. The molecule has 110 valence electrons. The van der Waals surface area contributed by atoms with E-state index in [-0.39, 0.29) is 4.90 Å². The van der Waals surface area contributed by atoms with Gasteiger partial charge in [-0.15, -0.1) is 0 Å². The molecule has 10 heteroatoms. The molecule has 1 amide bonds. The second-order valence-electron chi connectivity index (χ2n) is 3.57. The third kappa shape index (κ3) is 5.19. The van der Waals surface area contributed by atoms with Crippen LogP contribution in [0.4, 0.5) is 0 Å². The molecule has 0 spiro atoms. The number of carboxylic acid groups (broad SMARTS) is 1. The van der Waals surface area contributed by atoms with Gasteiger partial charge in [0, 0.05) is 8.95 Å². The average Bonchev–Trinajstić information content (AvgIpc) is 2.36. The van der Waals surface area contributed by atoms with Crippen molar-refractivity contribution >= 4 is 53.8 Å². The SMILES string of the molecule is O=C(O)CNC(=O)CNS(=O)(=O)c1cc(Br)ccc1Br. The highest BCUT2D eigenvalue weighted by Gasteiger charge is 2.19. The first-order valence-electron chi connectivity index (χ1n) is 5.15. The van der Waals surface area contributed by atoms with Crippen molar-refractivity contribution in [1.82, 2.24) is 10.0 Å². The number of halogens is 2. The summed E-state index contributed by atoms with van der Waals surface area (Å²) in [5, 5.41) is 10.4. The Bertz CT molecular complexity index is 633. The summed E-state index contributed by atoms with van der Waals surface area (Å²) in [6.07, 6.45) is 0. The van der Waals surface area contributed by atoms with Gasteiger partial charge in [-0.2, -0.15) is 0 Å². The summed E-state index contributed by atoms with van der Waals surface area (Å²) in [5.41, 5.74) is 0. The first kappa shape index (κ1) is 17.1. The molecule has 0 bridgehead atoms. The van der Waals surface area contributed by atoms with Crippen LogP contribution in [0.1, 0.15) is 0 Å². The molecule has 0 aromatic heterocycles. The van der Waals surface area contributed by atoms with Crippen LogP contribution in [0.2, 0.25) is 0 Å².